The Balaban J connectivity index is 2.18. The highest BCUT2D eigenvalue weighted by atomic mass is 16.3. The molecule has 2 rings (SSSR count). The van der Waals surface area contributed by atoms with Gasteiger partial charge in [-0.2, -0.15) is 0 Å². The zero-order valence-corrected chi connectivity index (χ0v) is 12.5. The molecule has 1 unspecified atom stereocenters. The van der Waals surface area contributed by atoms with Crippen LogP contribution in [-0.2, 0) is 0 Å². The Morgan fingerprint density at radius 2 is 1.86 bits per heavy atom. The van der Waals surface area contributed by atoms with Gasteiger partial charge >= 0.3 is 0 Å². The standard InChI is InChI=1S/C16H22N4O/c1-3-7-13(21)11-18-15-10-14(17-2)19-16(20-15)12-8-5-4-6-9-12/h4-6,8-10,13,21H,3,7,11H2,1-2H3,(H2,17,18,19,20). The molecule has 1 aromatic heterocycles. The van der Waals surface area contributed by atoms with Crippen molar-refractivity contribution in [3.8, 4) is 11.4 Å². The van der Waals surface area contributed by atoms with E-state index in [1.165, 1.54) is 0 Å². The monoisotopic (exact) mass is 286 g/mol. The predicted molar refractivity (Wildman–Crippen MR) is 86.4 cm³/mol. The van der Waals surface area contributed by atoms with Gasteiger partial charge in [-0.15, -0.1) is 0 Å². The van der Waals surface area contributed by atoms with Gasteiger partial charge in [0.05, 0.1) is 6.10 Å². The highest BCUT2D eigenvalue weighted by Gasteiger charge is 2.08. The molecule has 1 aromatic carbocycles. The molecule has 5 heteroatoms. The van der Waals surface area contributed by atoms with E-state index in [1.807, 2.05) is 43.4 Å². The molecule has 1 heterocycles. The van der Waals surface area contributed by atoms with Crippen molar-refractivity contribution in [1.29, 1.82) is 0 Å². The summed E-state index contributed by atoms with van der Waals surface area (Å²) in [7, 11) is 1.83. The summed E-state index contributed by atoms with van der Waals surface area (Å²) in [5.41, 5.74) is 0.965. The van der Waals surface area contributed by atoms with Gasteiger partial charge in [-0.3, -0.25) is 0 Å². The molecule has 112 valence electrons. The third-order valence-corrected chi connectivity index (χ3v) is 3.15. The molecule has 0 aliphatic heterocycles. The number of benzene rings is 1. The third-order valence-electron chi connectivity index (χ3n) is 3.15. The van der Waals surface area contributed by atoms with Crippen LogP contribution in [-0.4, -0.2) is 34.8 Å². The first kappa shape index (κ1) is 15.3. The molecule has 2 aromatic rings. The molecule has 1 atom stereocenters. The van der Waals surface area contributed by atoms with Crippen molar-refractivity contribution in [3.05, 3.63) is 36.4 Å². The van der Waals surface area contributed by atoms with Gasteiger partial charge in [-0.25, -0.2) is 9.97 Å². The van der Waals surface area contributed by atoms with E-state index < -0.39 is 0 Å². The van der Waals surface area contributed by atoms with Crippen molar-refractivity contribution in [3.63, 3.8) is 0 Å². The van der Waals surface area contributed by atoms with Crippen LogP contribution in [0.1, 0.15) is 19.8 Å². The quantitative estimate of drug-likeness (QED) is 0.730. The smallest absolute Gasteiger partial charge is 0.163 e. The third kappa shape index (κ3) is 4.43. The van der Waals surface area contributed by atoms with E-state index in [0.29, 0.717) is 18.2 Å². The topological polar surface area (TPSA) is 70.1 Å². The predicted octanol–water partition coefficient (Wildman–Crippen LogP) is 2.76. The second-order valence-corrected chi connectivity index (χ2v) is 4.90. The van der Waals surface area contributed by atoms with Gasteiger partial charge in [-0.05, 0) is 6.42 Å². The van der Waals surface area contributed by atoms with E-state index in [0.717, 1.165) is 24.2 Å². The fraction of sp³-hybridized carbons (Fsp3) is 0.375. The lowest BCUT2D eigenvalue weighted by Crippen LogP contribution is -2.19. The number of aliphatic hydroxyl groups excluding tert-OH is 1. The van der Waals surface area contributed by atoms with Crippen molar-refractivity contribution in [2.75, 3.05) is 24.2 Å². The van der Waals surface area contributed by atoms with E-state index in [9.17, 15) is 5.11 Å². The maximum absolute atomic E-state index is 9.80. The number of nitrogens with one attached hydrogen (secondary N) is 2. The normalized spacial score (nSPS) is 12.0. The van der Waals surface area contributed by atoms with Crippen LogP contribution in [0.25, 0.3) is 11.4 Å². The van der Waals surface area contributed by atoms with Crippen molar-refractivity contribution < 1.29 is 5.11 Å². The number of aromatic nitrogens is 2. The minimum absolute atomic E-state index is 0.358. The summed E-state index contributed by atoms with van der Waals surface area (Å²) >= 11 is 0. The van der Waals surface area contributed by atoms with Gasteiger partial charge in [0.2, 0.25) is 0 Å². The van der Waals surface area contributed by atoms with Crippen molar-refractivity contribution >= 4 is 11.6 Å². The van der Waals surface area contributed by atoms with Gasteiger partial charge in [-0.1, -0.05) is 43.7 Å². The van der Waals surface area contributed by atoms with Crippen molar-refractivity contribution in [2.24, 2.45) is 0 Å². The van der Waals surface area contributed by atoms with Crippen molar-refractivity contribution in [1.82, 2.24) is 9.97 Å². The molecule has 0 radical (unpaired) electrons. The SMILES string of the molecule is CCCC(O)CNc1cc(NC)nc(-c2ccccc2)n1. The average Bonchev–Trinajstić information content (AvgIpc) is 2.54. The first-order chi connectivity index (χ1) is 10.2. The van der Waals surface area contributed by atoms with Crippen LogP contribution in [0.15, 0.2) is 36.4 Å². The van der Waals surface area contributed by atoms with Crippen LogP contribution in [0.2, 0.25) is 0 Å². The number of anilines is 2. The second kappa shape index (κ2) is 7.59. The molecule has 5 nitrogen and oxygen atoms in total. The first-order valence-electron chi connectivity index (χ1n) is 7.27. The molecule has 0 aliphatic rings. The molecule has 0 saturated heterocycles. The summed E-state index contributed by atoms with van der Waals surface area (Å²) < 4.78 is 0. The van der Waals surface area contributed by atoms with Crippen LogP contribution in [0, 0.1) is 0 Å². The lowest BCUT2D eigenvalue weighted by Gasteiger charge is -2.13. The number of nitrogens with zero attached hydrogens (tertiary/aromatic N) is 2. The molecule has 0 spiro atoms. The van der Waals surface area contributed by atoms with E-state index in [4.69, 9.17) is 0 Å². The van der Waals surface area contributed by atoms with Crippen molar-refractivity contribution in [2.45, 2.75) is 25.9 Å². The zero-order valence-electron chi connectivity index (χ0n) is 12.5. The number of hydrogen-bond acceptors (Lipinski definition) is 5. The summed E-state index contributed by atoms with van der Waals surface area (Å²) in [6, 6.07) is 11.7. The Morgan fingerprint density at radius 1 is 1.14 bits per heavy atom. The van der Waals surface area contributed by atoms with Crippen LogP contribution in [0.4, 0.5) is 11.6 Å². The lowest BCUT2D eigenvalue weighted by molar-refractivity contribution is 0.176. The highest BCUT2D eigenvalue weighted by molar-refractivity contribution is 5.61. The summed E-state index contributed by atoms with van der Waals surface area (Å²) in [5, 5.41) is 16.0. The minimum atomic E-state index is -0.358. The highest BCUT2D eigenvalue weighted by Crippen LogP contribution is 2.19. The van der Waals surface area contributed by atoms with E-state index >= 15 is 0 Å². The minimum Gasteiger partial charge on any atom is -0.391 e. The molecular weight excluding hydrogens is 264 g/mol. The van der Waals surface area contributed by atoms with Crippen LogP contribution < -0.4 is 10.6 Å². The fourth-order valence-electron chi connectivity index (χ4n) is 2.04. The molecule has 0 amide bonds. The Morgan fingerprint density at radius 3 is 2.52 bits per heavy atom. The first-order valence-corrected chi connectivity index (χ1v) is 7.27. The molecule has 3 N–H and O–H groups in total. The molecule has 0 saturated carbocycles. The molecule has 0 fully saturated rings. The van der Waals surface area contributed by atoms with Gasteiger partial charge in [0, 0.05) is 25.2 Å². The maximum Gasteiger partial charge on any atom is 0.163 e. The maximum atomic E-state index is 9.80. The Kier molecular flexibility index (Phi) is 5.51. The van der Waals surface area contributed by atoms with Gasteiger partial charge in [0.25, 0.3) is 0 Å². The molecule has 0 aliphatic carbocycles. The van der Waals surface area contributed by atoms with Gasteiger partial charge in [0.15, 0.2) is 5.82 Å². The lowest BCUT2D eigenvalue weighted by atomic mass is 10.2. The Hall–Kier alpha value is -2.14. The largest absolute Gasteiger partial charge is 0.391 e. The average molecular weight is 286 g/mol. The summed E-state index contributed by atoms with van der Waals surface area (Å²) in [6.45, 7) is 2.54. The number of aliphatic hydroxyl groups is 1. The summed E-state index contributed by atoms with van der Waals surface area (Å²) in [4.78, 5) is 8.97. The molecule has 0 bridgehead atoms. The summed E-state index contributed by atoms with van der Waals surface area (Å²) in [5.74, 6) is 2.12. The molecule has 21 heavy (non-hydrogen) atoms. The number of hydrogen-bond donors (Lipinski definition) is 3. The van der Waals surface area contributed by atoms with Crippen LogP contribution in [0.5, 0.6) is 0 Å². The van der Waals surface area contributed by atoms with Gasteiger partial charge < -0.3 is 15.7 Å². The molecular formula is C16H22N4O. The fourth-order valence-corrected chi connectivity index (χ4v) is 2.04. The Labute approximate surface area is 125 Å². The second-order valence-electron chi connectivity index (χ2n) is 4.90. The number of rotatable bonds is 7. The van der Waals surface area contributed by atoms with Crippen LogP contribution >= 0.6 is 0 Å². The Bertz CT molecular complexity index is 559. The van der Waals surface area contributed by atoms with E-state index in [2.05, 4.69) is 27.5 Å². The van der Waals surface area contributed by atoms with E-state index in [1.54, 1.807) is 0 Å². The van der Waals surface area contributed by atoms with E-state index in [-0.39, 0.29) is 6.10 Å². The van der Waals surface area contributed by atoms with Gasteiger partial charge in [0.1, 0.15) is 11.6 Å². The zero-order chi connectivity index (χ0) is 15.1. The summed E-state index contributed by atoms with van der Waals surface area (Å²) in [6.07, 6.45) is 1.38. The van der Waals surface area contributed by atoms with Crippen LogP contribution in [0.3, 0.4) is 0 Å².